The molecule has 0 radical (unpaired) electrons. The van der Waals surface area contributed by atoms with Gasteiger partial charge in [-0.15, -0.1) is 0 Å². The van der Waals surface area contributed by atoms with Crippen molar-refractivity contribution >= 4 is 81.6 Å². The van der Waals surface area contributed by atoms with E-state index in [0.717, 1.165) is 8.95 Å². The van der Waals surface area contributed by atoms with Crippen molar-refractivity contribution < 1.29 is 4.79 Å². The molecule has 0 spiro atoms. The molecule has 1 rings (SSSR count). The molecule has 1 aromatic carbocycles. The Labute approximate surface area is 114 Å². The third-order valence-electron chi connectivity index (χ3n) is 1.36. The summed E-state index contributed by atoms with van der Waals surface area (Å²) in [7, 11) is 0. The highest BCUT2D eigenvalue weighted by Crippen LogP contribution is 2.43. The van der Waals surface area contributed by atoms with Crippen molar-refractivity contribution in [2.45, 2.75) is 0 Å². The molecular formula is C7HBr4ClO. The van der Waals surface area contributed by atoms with Crippen LogP contribution in [0, 0.1) is 0 Å². The van der Waals surface area contributed by atoms with E-state index in [9.17, 15) is 4.79 Å². The fraction of sp³-hybridized carbons (Fsp3) is 0. The van der Waals surface area contributed by atoms with Crippen LogP contribution in [0.4, 0.5) is 0 Å². The maximum atomic E-state index is 10.7. The van der Waals surface area contributed by atoms with Gasteiger partial charge in [-0.25, -0.2) is 0 Å². The van der Waals surface area contributed by atoms with Crippen LogP contribution in [0.15, 0.2) is 17.9 Å². The minimum Gasteiger partial charge on any atom is -0.298 e. The van der Waals surface area contributed by atoms with Crippen molar-refractivity contribution in [2.75, 3.05) is 0 Å². The highest BCUT2D eigenvalue weighted by Gasteiger charge is 2.16. The van der Waals surface area contributed by atoms with Crippen LogP contribution in [-0.4, -0.2) is 6.29 Å². The van der Waals surface area contributed by atoms with Crippen molar-refractivity contribution in [3.63, 3.8) is 0 Å². The van der Waals surface area contributed by atoms with Gasteiger partial charge in [0.25, 0.3) is 0 Å². The average molecular weight is 456 g/mol. The zero-order valence-electron chi connectivity index (χ0n) is 5.88. The van der Waals surface area contributed by atoms with Gasteiger partial charge >= 0.3 is 0 Å². The molecule has 1 aromatic rings. The lowest BCUT2D eigenvalue weighted by molar-refractivity contribution is 0.112. The van der Waals surface area contributed by atoms with E-state index in [1.165, 1.54) is 0 Å². The van der Waals surface area contributed by atoms with E-state index in [1.807, 2.05) is 0 Å². The Morgan fingerprint density at radius 3 is 1.85 bits per heavy atom. The van der Waals surface area contributed by atoms with E-state index in [4.69, 9.17) is 11.6 Å². The molecule has 0 unspecified atom stereocenters. The van der Waals surface area contributed by atoms with Gasteiger partial charge in [-0.1, -0.05) is 11.6 Å². The summed E-state index contributed by atoms with van der Waals surface area (Å²) in [5.41, 5.74) is 0.420. The van der Waals surface area contributed by atoms with Gasteiger partial charge in [-0.05, 0) is 63.7 Å². The van der Waals surface area contributed by atoms with Crippen LogP contribution in [-0.2, 0) is 0 Å². The number of rotatable bonds is 1. The molecule has 0 saturated carbocycles. The third-order valence-corrected chi connectivity index (χ3v) is 6.78. The second-order valence-electron chi connectivity index (χ2n) is 2.10. The van der Waals surface area contributed by atoms with E-state index in [-0.39, 0.29) is 0 Å². The first-order valence-corrected chi connectivity index (χ1v) is 6.52. The molecule has 0 aliphatic rings. The Morgan fingerprint density at radius 2 is 1.38 bits per heavy atom. The van der Waals surface area contributed by atoms with Gasteiger partial charge in [0.1, 0.15) is 0 Å². The quantitative estimate of drug-likeness (QED) is 0.323. The minimum absolute atomic E-state index is 0.386. The highest BCUT2D eigenvalue weighted by atomic mass is 79.9. The van der Waals surface area contributed by atoms with Crippen LogP contribution < -0.4 is 0 Å². The van der Waals surface area contributed by atoms with Gasteiger partial charge in [-0.3, -0.25) is 4.79 Å². The molecule has 6 heteroatoms. The lowest BCUT2D eigenvalue weighted by atomic mass is 10.2. The number of carbonyl (C=O) groups excluding carboxylic acids is 1. The maximum Gasteiger partial charge on any atom is 0.152 e. The van der Waals surface area contributed by atoms with Crippen LogP contribution in [0.3, 0.4) is 0 Å². The number of hydrogen-bond donors (Lipinski definition) is 0. The lowest BCUT2D eigenvalue weighted by Gasteiger charge is -2.08. The van der Waals surface area contributed by atoms with Crippen LogP contribution in [0.2, 0.25) is 5.02 Å². The van der Waals surface area contributed by atoms with Gasteiger partial charge in [0.15, 0.2) is 6.29 Å². The Bertz CT molecular complexity index is 348. The summed E-state index contributed by atoms with van der Waals surface area (Å²) >= 11 is 19.1. The number of aldehydes is 1. The van der Waals surface area contributed by atoms with Crippen LogP contribution >= 0.6 is 75.3 Å². The molecule has 0 fully saturated rings. The van der Waals surface area contributed by atoms with Crippen molar-refractivity contribution in [3.05, 3.63) is 28.5 Å². The fourth-order valence-electron chi connectivity index (χ4n) is 0.725. The number of carbonyl (C=O) groups is 1. The molecule has 0 heterocycles. The zero-order chi connectivity index (χ0) is 10.2. The monoisotopic (exact) mass is 452 g/mol. The molecule has 0 bridgehead atoms. The second kappa shape index (κ2) is 4.75. The van der Waals surface area contributed by atoms with Crippen molar-refractivity contribution in [1.82, 2.24) is 0 Å². The molecule has 0 aliphatic carbocycles. The lowest BCUT2D eigenvalue weighted by Crippen LogP contribution is -1.89. The topological polar surface area (TPSA) is 17.1 Å². The largest absolute Gasteiger partial charge is 0.298 e. The Kier molecular flexibility index (Phi) is 4.44. The van der Waals surface area contributed by atoms with Gasteiger partial charge < -0.3 is 0 Å². The second-order valence-corrected chi connectivity index (χ2v) is 5.65. The Morgan fingerprint density at radius 1 is 0.923 bits per heavy atom. The van der Waals surface area contributed by atoms with Gasteiger partial charge in [0.05, 0.1) is 9.50 Å². The molecule has 1 nitrogen and oxygen atoms in total. The highest BCUT2D eigenvalue weighted by molar-refractivity contribution is 9.15. The summed E-state index contributed by atoms with van der Waals surface area (Å²) in [5.74, 6) is 0. The Balaban J connectivity index is 3.66. The first-order chi connectivity index (χ1) is 6.00. The molecule has 0 aromatic heterocycles. The van der Waals surface area contributed by atoms with Crippen LogP contribution in [0.25, 0.3) is 0 Å². The molecule has 0 atom stereocenters. The summed E-state index contributed by atoms with van der Waals surface area (Å²) in [4.78, 5) is 10.7. The normalized spacial score (nSPS) is 10.2. The first kappa shape index (κ1) is 12.2. The van der Waals surface area contributed by atoms with Crippen LogP contribution in [0.5, 0.6) is 0 Å². The van der Waals surface area contributed by atoms with Gasteiger partial charge in [0, 0.05) is 19.0 Å². The molecule has 70 valence electrons. The summed E-state index contributed by atoms with van der Waals surface area (Å²) in [6.07, 6.45) is 0.703. The molecule has 0 saturated heterocycles. The average Bonchev–Trinajstić information content (AvgIpc) is 2.13. The SMILES string of the molecule is O=Cc1c(Cl)c(Br)c(Br)c(Br)c1Br. The van der Waals surface area contributed by atoms with Crippen molar-refractivity contribution in [2.24, 2.45) is 0 Å². The maximum absolute atomic E-state index is 10.7. The molecule has 0 aliphatic heterocycles. The zero-order valence-corrected chi connectivity index (χ0v) is 13.0. The van der Waals surface area contributed by atoms with E-state index < -0.39 is 0 Å². The van der Waals surface area contributed by atoms with E-state index >= 15 is 0 Å². The molecule has 13 heavy (non-hydrogen) atoms. The fourth-order valence-corrected chi connectivity index (χ4v) is 3.43. The van der Waals surface area contributed by atoms with E-state index in [1.54, 1.807) is 0 Å². The van der Waals surface area contributed by atoms with E-state index in [2.05, 4.69) is 63.7 Å². The third kappa shape index (κ3) is 2.20. The van der Waals surface area contributed by atoms with Gasteiger partial charge in [0.2, 0.25) is 0 Å². The van der Waals surface area contributed by atoms with E-state index in [0.29, 0.717) is 25.8 Å². The number of halogens is 5. The van der Waals surface area contributed by atoms with Crippen LogP contribution in [0.1, 0.15) is 10.4 Å². The summed E-state index contributed by atoms with van der Waals surface area (Å²) in [6.45, 7) is 0. The molecule has 0 N–H and O–H groups in total. The first-order valence-electron chi connectivity index (χ1n) is 2.97. The van der Waals surface area contributed by atoms with Crippen molar-refractivity contribution in [3.8, 4) is 0 Å². The minimum atomic E-state index is 0.386. The predicted octanol–water partition coefficient (Wildman–Crippen LogP) is 5.20. The smallest absolute Gasteiger partial charge is 0.152 e. The summed E-state index contributed by atoms with van der Waals surface area (Å²) < 4.78 is 2.83. The number of benzene rings is 1. The molecular weight excluding hydrogens is 455 g/mol. The predicted molar refractivity (Wildman–Crippen MR) is 67.6 cm³/mol. The summed E-state index contributed by atoms with van der Waals surface area (Å²) in [5, 5.41) is 0.386. The molecule has 0 amide bonds. The Hall–Kier alpha value is 1.10. The van der Waals surface area contributed by atoms with Crippen molar-refractivity contribution in [1.29, 1.82) is 0 Å². The number of hydrogen-bond acceptors (Lipinski definition) is 1. The standard InChI is InChI=1S/C7HBr4ClO/c8-3-2(1-13)7(12)6(11)5(10)4(3)9/h1H. The van der Waals surface area contributed by atoms with Gasteiger partial charge in [-0.2, -0.15) is 0 Å². The summed E-state index contributed by atoms with van der Waals surface area (Å²) in [6, 6.07) is 0.